The molecule has 0 saturated carbocycles. The number of carbonyl (C=O) groups is 1. The summed E-state index contributed by atoms with van der Waals surface area (Å²) in [5.74, 6) is -0.727. The molecule has 1 N–H and O–H groups in total. The smallest absolute Gasteiger partial charge is 0.303 e. The van der Waals surface area contributed by atoms with Crippen molar-refractivity contribution in [3.8, 4) is 0 Å². The standard InChI is InChI=1S/C31H36N2O2/c1-30(2)23-15-9-11-17-25(23)32(5)27(30)19-7-6-8-20-28-31(3,4)24-16-10-12-18-26(24)33(28)22-14-13-21-29(34)35/h6-12,15-20H,13-14,21-22H2,1-5H3/p+1. The number of aliphatic carboxylic acids is 1. The lowest BCUT2D eigenvalue weighted by atomic mass is 9.81. The van der Waals surface area contributed by atoms with Crippen molar-refractivity contribution in [2.45, 2.75) is 57.8 Å². The van der Waals surface area contributed by atoms with Crippen LogP contribution in [0.5, 0.6) is 0 Å². The number of unbranched alkanes of at least 4 members (excludes halogenated alkanes) is 1. The molecule has 2 aromatic carbocycles. The highest BCUT2D eigenvalue weighted by Gasteiger charge is 2.42. The fourth-order valence-corrected chi connectivity index (χ4v) is 5.59. The van der Waals surface area contributed by atoms with Crippen LogP contribution in [0.25, 0.3) is 0 Å². The van der Waals surface area contributed by atoms with Crippen LogP contribution in [0.1, 0.15) is 58.1 Å². The predicted molar refractivity (Wildman–Crippen MR) is 145 cm³/mol. The van der Waals surface area contributed by atoms with E-state index in [0.29, 0.717) is 6.42 Å². The van der Waals surface area contributed by atoms with Crippen LogP contribution < -0.4 is 4.90 Å². The third kappa shape index (κ3) is 4.62. The van der Waals surface area contributed by atoms with E-state index in [-0.39, 0.29) is 17.3 Å². The summed E-state index contributed by atoms with van der Waals surface area (Å²) in [6, 6.07) is 17.2. The molecule has 4 rings (SSSR count). The first-order valence-corrected chi connectivity index (χ1v) is 12.5. The molecule has 0 spiro atoms. The summed E-state index contributed by atoms with van der Waals surface area (Å²) < 4.78 is 2.29. The largest absolute Gasteiger partial charge is 0.481 e. The highest BCUT2D eigenvalue weighted by Crippen LogP contribution is 2.47. The number of hydrogen-bond acceptors (Lipinski definition) is 2. The van der Waals surface area contributed by atoms with Gasteiger partial charge in [0.15, 0.2) is 5.71 Å². The van der Waals surface area contributed by atoms with Crippen molar-refractivity contribution in [3.05, 3.63) is 95.7 Å². The van der Waals surface area contributed by atoms with Gasteiger partial charge in [-0.2, -0.15) is 4.58 Å². The van der Waals surface area contributed by atoms with Crippen LogP contribution in [0.15, 0.2) is 84.6 Å². The number of anilines is 1. The Morgan fingerprint density at radius 1 is 0.914 bits per heavy atom. The summed E-state index contributed by atoms with van der Waals surface area (Å²) in [4.78, 5) is 13.3. The topological polar surface area (TPSA) is 43.5 Å². The van der Waals surface area contributed by atoms with Gasteiger partial charge in [-0.05, 0) is 44.4 Å². The number of hydrogen-bond donors (Lipinski definition) is 1. The number of carboxylic acids is 1. The van der Waals surface area contributed by atoms with Crippen molar-refractivity contribution >= 4 is 23.1 Å². The van der Waals surface area contributed by atoms with Gasteiger partial charge >= 0.3 is 5.97 Å². The van der Waals surface area contributed by atoms with Crippen molar-refractivity contribution in [2.24, 2.45) is 0 Å². The lowest BCUT2D eigenvalue weighted by Gasteiger charge is -2.27. The summed E-state index contributed by atoms with van der Waals surface area (Å²) in [7, 11) is 2.14. The second kappa shape index (κ2) is 9.69. The molecule has 0 aromatic heterocycles. The molecule has 0 radical (unpaired) electrons. The Morgan fingerprint density at radius 2 is 1.60 bits per heavy atom. The summed E-state index contributed by atoms with van der Waals surface area (Å²) in [6.07, 6.45) is 12.5. The number of nitrogens with zero attached hydrogens (tertiary/aromatic N) is 2. The van der Waals surface area contributed by atoms with E-state index in [1.165, 1.54) is 33.9 Å². The second-order valence-electron chi connectivity index (χ2n) is 10.5. The SMILES string of the molecule is C[N+]1=C(/C=C/C=C/C=C2/N(CCCCC(=O)O)c3ccccc3C2(C)C)C(C)(C)c2ccccc21. The van der Waals surface area contributed by atoms with E-state index in [1.54, 1.807) is 0 Å². The maximum absolute atomic E-state index is 10.9. The average Bonchev–Trinajstić information content (AvgIpc) is 3.16. The lowest BCUT2D eigenvalue weighted by molar-refractivity contribution is -0.401. The van der Waals surface area contributed by atoms with Crippen LogP contribution >= 0.6 is 0 Å². The average molecular weight is 470 g/mol. The molecule has 2 aromatic rings. The van der Waals surface area contributed by atoms with E-state index in [0.717, 1.165) is 13.0 Å². The van der Waals surface area contributed by atoms with Crippen molar-refractivity contribution < 1.29 is 14.5 Å². The monoisotopic (exact) mass is 469 g/mol. The maximum Gasteiger partial charge on any atom is 0.303 e. The molecule has 0 aliphatic carbocycles. The first-order chi connectivity index (χ1) is 16.7. The first-order valence-electron chi connectivity index (χ1n) is 12.5. The van der Waals surface area contributed by atoms with Crippen LogP contribution in [0, 0.1) is 0 Å². The van der Waals surface area contributed by atoms with Crippen LogP contribution in [-0.2, 0) is 15.6 Å². The fraction of sp³-hybridized carbons (Fsp3) is 0.355. The molecule has 0 saturated heterocycles. The van der Waals surface area contributed by atoms with E-state index < -0.39 is 5.97 Å². The van der Waals surface area contributed by atoms with E-state index in [1.807, 2.05) is 0 Å². The van der Waals surface area contributed by atoms with Crippen molar-refractivity contribution in [1.82, 2.24) is 0 Å². The van der Waals surface area contributed by atoms with Crippen molar-refractivity contribution in [3.63, 3.8) is 0 Å². The molecule has 0 atom stereocenters. The number of fused-ring (bicyclic) bond motifs is 2. The minimum atomic E-state index is -0.727. The third-order valence-electron chi connectivity index (χ3n) is 7.49. The van der Waals surface area contributed by atoms with Gasteiger partial charge in [0, 0.05) is 47.5 Å². The Labute approximate surface area is 209 Å². The predicted octanol–water partition coefficient (Wildman–Crippen LogP) is 6.74. The number of benzene rings is 2. The van der Waals surface area contributed by atoms with Gasteiger partial charge in [0.05, 0.1) is 5.41 Å². The Kier molecular flexibility index (Phi) is 6.84. The van der Waals surface area contributed by atoms with E-state index >= 15 is 0 Å². The molecule has 0 unspecified atom stereocenters. The Morgan fingerprint density at radius 3 is 2.31 bits per heavy atom. The normalized spacial score (nSPS) is 19.2. The summed E-state index contributed by atoms with van der Waals surface area (Å²) in [6.45, 7) is 9.91. The molecular formula is C31H37N2O2+. The van der Waals surface area contributed by atoms with Gasteiger partial charge in [-0.1, -0.05) is 68.5 Å². The fourth-order valence-electron chi connectivity index (χ4n) is 5.59. The molecule has 4 heteroatoms. The molecule has 4 nitrogen and oxygen atoms in total. The van der Waals surface area contributed by atoms with Crippen LogP contribution in [0.4, 0.5) is 11.4 Å². The summed E-state index contributed by atoms with van der Waals surface area (Å²) >= 11 is 0. The highest BCUT2D eigenvalue weighted by atomic mass is 16.4. The number of para-hydroxylation sites is 2. The number of carboxylic acid groups (broad SMARTS) is 1. The van der Waals surface area contributed by atoms with Gasteiger partial charge in [-0.3, -0.25) is 4.79 Å². The molecular weight excluding hydrogens is 432 g/mol. The van der Waals surface area contributed by atoms with Crippen LogP contribution in [0.2, 0.25) is 0 Å². The summed E-state index contributed by atoms with van der Waals surface area (Å²) in [5.41, 5.74) is 7.56. The number of allylic oxidation sites excluding steroid dienone is 6. The van der Waals surface area contributed by atoms with Gasteiger partial charge in [-0.15, -0.1) is 0 Å². The Hall–Kier alpha value is -3.40. The van der Waals surface area contributed by atoms with E-state index in [9.17, 15) is 4.79 Å². The molecule has 2 aliphatic rings. The van der Waals surface area contributed by atoms with Gasteiger partial charge in [0.1, 0.15) is 7.05 Å². The zero-order valence-electron chi connectivity index (χ0n) is 21.6. The second-order valence-corrected chi connectivity index (χ2v) is 10.5. The van der Waals surface area contributed by atoms with Crippen LogP contribution in [-0.4, -0.2) is 35.0 Å². The Balaban J connectivity index is 1.55. The molecule has 2 heterocycles. The third-order valence-corrected chi connectivity index (χ3v) is 7.49. The highest BCUT2D eigenvalue weighted by molar-refractivity contribution is 6.03. The molecule has 35 heavy (non-hydrogen) atoms. The van der Waals surface area contributed by atoms with Crippen molar-refractivity contribution in [1.29, 1.82) is 0 Å². The number of rotatable bonds is 8. The Bertz CT molecular complexity index is 1240. The minimum absolute atomic E-state index is 0.0318. The zero-order chi connectivity index (χ0) is 25.2. The first kappa shape index (κ1) is 24.7. The van der Waals surface area contributed by atoms with Crippen LogP contribution in [0.3, 0.4) is 0 Å². The molecule has 0 fully saturated rings. The molecule has 0 bridgehead atoms. The van der Waals surface area contributed by atoms with Gasteiger partial charge in [0.2, 0.25) is 5.69 Å². The quantitative estimate of drug-likeness (QED) is 0.264. The van der Waals surface area contributed by atoms with E-state index in [2.05, 4.69) is 123 Å². The summed E-state index contributed by atoms with van der Waals surface area (Å²) in [5, 5.41) is 9.00. The van der Waals surface area contributed by atoms with E-state index in [4.69, 9.17) is 5.11 Å². The van der Waals surface area contributed by atoms with Gasteiger partial charge in [-0.25, -0.2) is 0 Å². The maximum atomic E-state index is 10.9. The van der Waals surface area contributed by atoms with Gasteiger partial charge in [0.25, 0.3) is 0 Å². The molecule has 2 aliphatic heterocycles. The molecule has 0 amide bonds. The zero-order valence-corrected chi connectivity index (χ0v) is 21.6. The molecule has 182 valence electrons. The van der Waals surface area contributed by atoms with Crippen molar-refractivity contribution in [2.75, 3.05) is 18.5 Å². The van der Waals surface area contributed by atoms with Gasteiger partial charge < -0.3 is 10.0 Å². The minimum Gasteiger partial charge on any atom is -0.481 e. The lowest BCUT2D eigenvalue weighted by Crippen LogP contribution is -2.27.